The van der Waals surface area contributed by atoms with Crippen LogP contribution in [0.15, 0.2) is 71.6 Å². The lowest BCUT2D eigenvalue weighted by Gasteiger charge is -2.09. The first-order valence-electron chi connectivity index (χ1n) is 10.4. The highest BCUT2D eigenvalue weighted by Gasteiger charge is 2.17. The summed E-state index contributed by atoms with van der Waals surface area (Å²) in [6.07, 6.45) is 0. The van der Waals surface area contributed by atoms with Gasteiger partial charge in [0.25, 0.3) is 0 Å². The summed E-state index contributed by atoms with van der Waals surface area (Å²) in [4.78, 5) is 18.8. The number of aromatic nitrogens is 2. The molecule has 0 radical (unpaired) electrons. The molecule has 0 bridgehead atoms. The van der Waals surface area contributed by atoms with Crippen LogP contribution in [0.1, 0.15) is 12.5 Å². The van der Waals surface area contributed by atoms with E-state index in [0.717, 1.165) is 5.56 Å². The number of nitrogens with zero attached hydrogens (tertiary/aromatic N) is 1. The number of amides is 2. The smallest absolute Gasteiger partial charge is 0.339 e. The first kappa shape index (κ1) is 23.1. The predicted molar refractivity (Wildman–Crippen MR) is 127 cm³/mol. The maximum atomic E-state index is 13.0. The molecule has 4 N–H and O–H groups in total. The number of anilines is 2. The Morgan fingerprint density at radius 2 is 1.79 bits per heavy atom. The number of carbonyl (C=O) groups is 1. The normalized spacial score (nSPS) is 11.2. The van der Waals surface area contributed by atoms with Crippen LogP contribution in [0, 0.1) is 5.82 Å². The molecule has 34 heavy (non-hydrogen) atoms. The Bertz CT molecular complexity index is 1400. The van der Waals surface area contributed by atoms with Crippen LogP contribution in [0.5, 0.6) is 5.75 Å². The topological polar surface area (TPSA) is 125 Å². The van der Waals surface area contributed by atoms with E-state index in [1.54, 1.807) is 37.3 Å². The van der Waals surface area contributed by atoms with Crippen LogP contribution in [0.4, 0.5) is 20.8 Å². The van der Waals surface area contributed by atoms with Crippen LogP contribution in [0.3, 0.4) is 0 Å². The maximum Gasteiger partial charge on any atom is 0.339 e. The molecule has 2 amide bonds. The van der Waals surface area contributed by atoms with Crippen molar-refractivity contribution < 1.29 is 21.8 Å². The highest BCUT2D eigenvalue weighted by molar-refractivity contribution is 7.87. The summed E-state index contributed by atoms with van der Waals surface area (Å²) in [7, 11) is -4.07. The second kappa shape index (κ2) is 9.79. The summed E-state index contributed by atoms with van der Waals surface area (Å²) in [6.45, 7) is 2.72. The number of halogens is 1. The van der Waals surface area contributed by atoms with Gasteiger partial charge in [-0.15, -0.1) is 0 Å². The van der Waals surface area contributed by atoms with Crippen molar-refractivity contribution in [3.8, 4) is 5.75 Å². The lowest BCUT2D eigenvalue weighted by molar-refractivity contribution is 0.252. The molecule has 176 valence electrons. The second-order valence-corrected chi connectivity index (χ2v) is 8.84. The monoisotopic (exact) mass is 483 g/mol. The predicted octanol–water partition coefficient (Wildman–Crippen LogP) is 4.22. The maximum absolute atomic E-state index is 13.0. The Morgan fingerprint density at radius 1 is 1.06 bits per heavy atom. The Balaban J connectivity index is 1.42. The standard InChI is InChI=1S/C23H22FN5O4S/c1-2-25-23(30)29-22-27-20-12-9-18(13-21(20)28-22)33-34(31,32)19-10-7-17(8-11-19)26-14-15-3-5-16(24)6-4-15/h3-13,26H,2,14H2,1H3,(H3,25,27,28,29,30). The number of nitrogens with one attached hydrogen (secondary N) is 4. The Labute approximate surface area is 195 Å². The number of urea groups is 1. The molecule has 0 unspecified atom stereocenters. The van der Waals surface area contributed by atoms with Gasteiger partial charge in [-0.3, -0.25) is 5.32 Å². The summed E-state index contributed by atoms with van der Waals surface area (Å²) in [5.41, 5.74) is 2.63. The van der Waals surface area contributed by atoms with Crippen LogP contribution >= 0.6 is 0 Å². The van der Waals surface area contributed by atoms with E-state index in [2.05, 4.69) is 25.9 Å². The third kappa shape index (κ3) is 5.62. The van der Waals surface area contributed by atoms with E-state index >= 15 is 0 Å². The summed E-state index contributed by atoms with van der Waals surface area (Å²) in [5.74, 6) is 0.0189. The fraction of sp³-hybridized carbons (Fsp3) is 0.130. The van der Waals surface area contributed by atoms with Gasteiger partial charge in [-0.05, 0) is 61.0 Å². The molecule has 1 aromatic heterocycles. The first-order chi connectivity index (χ1) is 16.3. The molecule has 4 rings (SSSR count). The van der Waals surface area contributed by atoms with Gasteiger partial charge in [0.1, 0.15) is 16.5 Å². The van der Waals surface area contributed by atoms with E-state index in [1.807, 2.05) is 0 Å². The van der Waals surface area contributed by atoms with Gasteiger partial charge in [0.05, 0.1) is 11.0 Å². The third-order valence-corrected chi connectivity index (χ3v) is 6.04. The number of fused-ring (bicyclic) bond motifs is 1. The minimum absolute atomic E-state index is 0.0110. The summed E-state index contributed by atoms with van der Waals surface area (Å²) in [5, 5.41) is 8.29. The molecule has 0 fully saturated rings. The average Bonchev–Trinajstić information content (AvgIpc) is 3.20. The van der Waals surface area contributed by atoms with Crippen molar-refractivity contribution in [2.24, 2.45) is 0 Å². The highest BCUT2D eigenvalue weighted by atomic mass is 32.2. The SMILES string of the molecule is CCNC(=O)Nc1nc2ccc(OS(=O)(=O)c3ccc(NCc4ccc(F)cc4)cc3)cc2[nH]1. The molecule has 11 heteroatoms. The van der Waals surface area contributed by atoms with Crippen LogP contribution in [0.2, 0.25) is 0 Å². The molecule has 0 atom stereocenters. The minimum atomic E-state index is -4.07. The van der Waals surface area contributed by atoms with Crippen molar-refractivity contribution in [3.05, 3.63) is 78.1 Å². The van der Waals surface area contributed by atoms with Crippen LogP contribution in [0.25, 0.3) is 11.0 Å². The van der Waals surface area contributed by atoms with Gasteiger partial charge in [-0.2, -0.15) is 8.42 Å². The molecule has 9 nitrogen and oxygen atoms in total. The van der Waals surface area contributed by atoms with E-state index in [9.17, 15) is 17.6 Å². The fourth-order valence-electron chi connectivity index (χ4n) is 3.13. The molecule has 0 saturated heterocycles. The number of aromatic amines is 1. The Kier molecular flexibility index (Phi) is 6.64. The lowest BCUT2D eigenvalue weighted by Crippen LogP contribution is -2.28. The molecule has 0 aliphatic heterocycles. The Morgan fingerprint density at radius 3 is 2.50 bits per heavy atom. The van der Waals surface area contributed by atoms with Crippen LogP contribution < -0.4 is 20.1 Å². The molecule has 0 saturated carbocycles. The zero-order chi connectivity index (χ0) is 24.1. The fourth-order valence-corrected chi connectivity index (χ4v) is 4.06. The number of hydrogen-bond acceptors (Lipinski definition) is 6. The van der Waals surface area contributed by atoms with Gasteiger partial charge < -0.3 is 19.8 Å². The molecular weight excluding hydrogens is 461 g/mol. The molecule has 0 aliphatic carbocycles. The van der Waals surface area contributed by atoms with Crippen molar-refractivity contribution >= 4 is 38.8 Å². The van der Waals surface area contributed by atoms with Crippen molar-refractivity contribution in [3.63, 3.8) is 0 Å². The van der Waals surface area contributed by atoms with Gasteiger partial charge in [0.15, 0.2) is 0 Å². The van der Waals surface area contributed by atoms with Gasteiger partial charge in [-0.1, -0.05) is 12.1 Å². The van der Waals surface area contributed by atoms with Crippen molar-refractivity contribution in [2.75, 3.05) is 17.2 Å². The molecular formula is C23H22FN5O4S. The van der Waals surface area contributed by atoms with Gasteiger partial charge in [0.2, 0.25) is 5.95 Å². The number of rotatable bonds is 8. The average molecular weight is 484 g/mol. The number of benzene rings is 3. The highest BCUT2D eigenvalue weighted by Crippen LogP contribution is 2.24. The second-order valence-electron chi connectivity index (χ2n) is 7.29. The van der Waals surface area contributed by atoms with Crippen molar-refractivity contribution in [1.82, 2.24) is 15.3 Å². The van der Waals surface area contributed by atoms with E-state index < -0.39 is 16.1 Å². The van der Waals surface area contributed by atoms with E-state index in [1.165, 1.54) is 36.4 Å². The number of H-pyrrole nitrogens is 1. The van der Waals surface area contributed by atoms with Gasteiger partial charge >= 0.3 is 16.1 Å². The van der Waals surface area contributed by atoms with E-state index in [-0.39, 0.29) is 22.4 Å². The molecule has 0 spiro atoms. The quantitative estimate of drug-likeness (QED) is 0.278. The molecule has 4 aromatic rings. The van der Waals surface area contributed by atoms with Crippen LogP contribution in [-0.4, -0.2) is 31.0 Å². The summed E-state index contributed by atoms with van der Waals surface area (Å²) >= 11 is 0. The zero-order valence-corrected chi connectivity index (χ0v) is 18.9. The lowest BCUT2D eigenvalue weighted by atomic mass is 10.2. The van der Waals surface area contributed by atoms with Crippen molar-refractivity contribution in [2.45, 2.75) is 18.4 Å². The van der Waals surface area contributed by atoms with Crippen LogP contribution in [-0.2, 0) is 16.7 Å². The molecule has 1 heterocycles. The largest absolute Gasteiger partial charge is 0.381 e. The van der Waals surface area contributed by atoms with Crippen molar-refractivity contribution in [1.29, 1.82) is 0 Å². The number of hydrogen-bond donors (Lipinski definition) is 4. The summed E-state index contributed by atoms with van der Waals surface area (Å²) in [6, 6.07) is 16.4. The minimum Gasteiger partial charge on any atom is -0.381 e. The first-order valence-corrected chi connectivity index (χ1v) is 11.8. The number of carbonyl (C=O) groups excluding carboxylic acids is 1. The van der Waals surface area contributed by atoms with E-state index in [4.69, 9.17) is 4.18 Å². The van der Waals surface area contributed by atoms with E-state index in [0.29, 0.717) is 29.8 Å². The molecule has 3 aromatic carbocycles. The van der Waals surface area contributed by atoms with Gasteiger partial charge in [0, 0.05) is 24.8 Å². The zero-order valence-electron chi connectivity index (χ0n) is 18.1. The van der Waals surface area contributed by atoms with Gasteiger partial charge in [-0.25, -0.2) is 14.2 Å². The third-order valence-electron chi connectivity index (χ3n) is 4.78. The summed E-state index contributed by atoms with van der Waals surface area (Å²) < 4.78 is 43.7. The molecule has 0 aliphatic rings. The Hall–Kier alpha value is -4.12. The number of imidazole rings is 1.